The number of ether oxygens (including phenoxy) is 1. The van der Waals surface area contributed by atoms with Crippen molar-refractivity contribution in [3.05, 3.63) is 28.8 Å². The Kier molecular flexibility index (Phi) is 6.63. The summed E-state index contributed by atoms with van der Waals surface area (Å²) in [5, 5.41) is 8.95. The number of carbonyl (C=O) groups is 1. The fourth-order valence-electron chi connectivity index (χ4n) is 3.59. The largest absolute Gasteiger partial charge is 0.496 e. The van der Waals surface area contributed by atoms with E-state index in [9.17, 15) is 4.79 Å². The van der Waals surface area contributed by atoms with Gasteiger partial charge in [-0.1, -0.05) is 0 Å². The molecule has 0 aromatic heterocycles. The molecule has 2 rings (SSSR count). The molecule has 0 unspecified atom stereocenters. The SMILES string of the molecule is COc1c(C)cc(C(=O)N2CCC(N(C)CCCO)CC2)cc1C. The van der Waals surface area contributed by atoms with Crippen molar-refractivity contribution in [1.82, 2.24) is 9.80 Å². The van der Waals surface area contributed by atoms with Crippen LogP contribution in [0.3, 0.4) is 0 Å². The molecule has 0 atom stereocenters. The molecule has 1 aliphatic rings. The third-order valence-corrected chi connectivity index (χ3v) is 4.96. The number of aliphatic hydroxyl groups excluding tert-OH is 1. The third-order valence-electron chi connectivity index (χ3n) is 4.96. The number of likely N-dealkylation sites (tertiary alicyclic amines) is 1. The summed E-state index contributed by atoms with van der Waals surface area (Å²) in [6, 6.07) is 4.35. The van der Waals surface area contributed by atoms with Crippen molar-refractivity contribution in [2.45, 2.75) is 39.2 Å². The lowest BCUT2D eigenvalue weighted by Crippen LogP contribution is -2.45. The first-order valence-corrected chi connectivity index (χ1v) is 8.73. The summed E-state index contributed by atoms with van der Waals surface area (Å²) in [7, 11) is 3.77. The number of rotatable bonds is 6. The van der Waals surface area contributed by atoms with E-state index in [1.54, 1.807) is 7.11 Å². The second-order valence-corrected chi connectivity index (χ2v) is 6.72. The van der Waals surface area contributed by atoms with Crippen LogP contribution in [0.2, 0.25) is 0 Å². The number of aliphatic hydroxyl groups is 1. The minimum Gasteiger partial charge on any atom is -0.496 e. The lowest BCUT2D eigenvalue weighted by Gasteiger charge is -2.37. The number of hydrogen-bond donors (Lipinski definition) is 1. The predicted octanol–water partition coefficient (Wildman–Crippen LogP) is 2.23. The summed E-state index contributed by atoms with van der Waals surface area (Å²) in [4.78, 5) is 17.1. The van der Waals surface area contributed by atoms with Gasteiger partial charge in [0.15, 0.2) is 0 Å². The number of aryl methyl sites for hydroxylation is 2. The fourth-order valence-corrected chi connectivity index (χ4v) is 3.59. The molecule has 0 saturated carbocycles. The average Bonchev–Trinajstić information content (AvgIpc) is 2.58. The first-order chi connectivity index (χ1) is 11.5. The van der Waals surface area contributed by atoms with Gasteiger partial charge in [0.2, 0.25) is 0 Å². The van der Waals surface area contributed by atoms with Crippen molar-refractivity contribution in [2.24, 2.45) is 0 Å². The Morgan fingerprint density at radius 3 is 2.38 bits per heavy atom. The number of benzene rings is 1. The highest BCUT2D eigenvalue weighted by Crippen LogP contribution is 2.26. The summed E-state index contributed by atoms with van der Waals surface area (Å²) in [5.74, 6) is 0.969. The zero-order chi connectivity index (χ0) is 17.7. The van der Waals surface area contributed by atoms with Gasteiger partial charge >= 0.3 is 0 Å². The first-order valence-electron chi connectivity index (χ1n) is 8.73. The monoisotopic (exact) mass is 334 g/mol. The zero-order valence-electron chi connectivity index (χ0n) is 15.3. The Morgan fingerprint density at radius 1 is 1.29 bits per heavy atom. The molecule has 1 aromatic carbocycles. The summed E-state index contributed by atoms with van der Waals surface area (Å²) in [6.07, 6.45) is 2.78. The van der Waals surface area contributed by atoms with Crippen molar-refractivity contribution in [3.63, 3.8) is 0 Å². The quantitative estimate of drug-likeness (QED) is 0.867. The smallest absolute Gasteiger partial charge is 0.253 e. The van der Waals surface area contributed by atoms with Crippen molar-refractivity contribution < 1.29 is 14.6 Å². The molecule has 0 bridgehead atoms. The Balaban J connectivity index is 1.98. The van der Waals surface area contributed by atoms with Gasteiger partial charge in [-0.3, -0.25) is 4.79 Å². The molecule has 0 spiro atoms. The minimum atomic E-state index is 0.111. The second kappa shape index (κ2) is 8.49. The number of methoxy groups -OCH3 is 1. The molecular formula is C19H30N2O3. The predicted molar refractivity (Wildman–Crippen MR) is 95.7 cm³/mol. The summed E-state index contributed by atoms with van der Waals surface area (Å²) >= 11 is 0. The molecule has 0 aliphatic carbocycles. The molecule has 1 N–H and O–H groups in total. The van der Waals surface area contributed by atoms with Crippen molar-refractivity contribution in [1.29, 1.82) is 0 Å². The molecule has 5 heteroatoms. The molecule has 24 heavy (non-hydrogen) atoms. The summed E-state index contributed by atoms with van der Waals surface area (Å²) in [6.45, 7) is 6.67. The maximum absolute atomic E-state index is 12.8. The van der Waals surface area contributed by atoms with Crippen LogP contribution in [-0.4, -0.2) is 67.3 Å². The van der Waals surface area contributed by atoms with Gasteiger partial charge in [-0.05, 0) is 63.4 Å². The van der Waals surface area contributed by atoms with Crippen LogP contribution in [0.4, 0.5) is 0 Å². The average molecular weight is 334 g/mol. The van der Waals surface area contributed by atoms with E-state index >= 15 is 0 Å². The van der Waals surface area contributed by atoms with Crippen LogP contribution in [0.15, 0.2) is 12.1 Å². The minimum absolute atomic E-state index is 0.111. The molecule has 0 radical (unpaired) electrons. The van der Waals surface area contributed by atoms with E-state index in [-0.39, 0.29) is 12.5 Å². The number of piperidine rings is 1. The van der Waals surface area contributed by atoms with Crippen LogP contribution in [-0.2, 0) is 0 Å². The third kappa shape index (κ3) is 4.28. The highest BCUT2D eigenvalue weighted by Gasteiger charge is 2.26. The normalized spacial score (nSPS) is 15.8. The van der Waals surface area contributed by atoms with Crippen LogP contribution < -0.4 is 4.74 Å². The fraction of sp³-hybridized carbons (Fsp3) is 0.632. The van der Waals surface area contributed by atoms with Crippen molar-refractivity contribution in [2.75, 3.05) is 40.4 Å². The van der Waals surface area contributed by atoms with Crippen LogP contribution >= 0.6 is 0 Å². The number of hydrogen-bond acceptors (Lipinski definition) is 4. The van der Waals surface area contributed by atoms with E-state index in [0.29, 0.717) is 6.04 Å². The van der Waals surface area contributed by atoms with Gasteiger partial charge in [0.1, 0.15) is 5.75 Å². The van der Waals surface area contributed by atoms with Crippen LogP contribution in [0.5, 0.6) is 5.75 Å². The Hall–Kier alpha value is -1.59. The van der Waals surface area contributed by atoms with E-state index in [1.807, 2.05) is 30.9 Å². The lowest BCUT2D eigenvalue weighted by atomic mass is 10.0. The van der Waals surface area contributed by atoms with Crippen molar-refractivity contribution in [3.8, 4) is 5.75 Å². The summed E-state index contributed by atoms with van der Waals surface area (Å²) < 4.78 is 5.38. The van der Waals surface area contributed by atoms with E-state index in [0.717, 1.165) is 61.3 Å². The molecule has 1 aliphatic heterocycles. The Labute approximate surface area is 145 Å². The number of carbonyl (C=O) groups excluding carboxylic acids is 1. The summed E-state index contributed by atoms with van der Waals surface area (Å²) in [5.41, 5.74) is 2.75. The van der Waals surface area contributed by atoms with Crippen LogP contribution in [0.25, 0.3) is 0 Å². The first kappa shape index (κ1) is 18.7. The highest BCUT2D eigenvalue weighted by molar-refractivity contribution is 5.95. The van der Waals surface area contributed by atoms with Crippen molar-refractivity contribution >= 4 is 5.91 Å². The standard InChI is InChI=1S/C19H30N2O3/c1-14-12-16(13-15(2)18(14)24-4)19(23)21-9-6-17(7-10-21)20(3)8-5-11-22/h12-13,17,22H,5-11H2,1-4H3. The Bertz CT molecular complexity index is 543. The van der Waals surface area contributed by atoms with E-state index < -0.39 is 0 Å². The van der Waals surface area contributed by atoms with Gasteiger partial charge in [0.25, 0.3) is 5.91 Å². The van der Waals surface area contributed by atoms with Gasteiger partial charge in [0.05, 0.1) is 7.11 Å². The van der Waals surface area contributed by atoms with E-state index in [4.69, 9.17) is 9.84 Å². The van der Waals surface area contributed by atoms with Gasteiger partial charge in [-0.2, -0.15) is 0 Å². The van der Waals surface area contributed by atoms with Gasteiger partial charge in [-0.25, -0.2) is 0 Å². The molecule has 1 aromatic rings. The number of amides is 1. The molecular weight excluding hydrogens is 304 g/mol. The molecule has 1 fully saturated rings. The zero-order valence-corrected chi connectivity index (χ0v) is 15.3. The highest BCUT2D eigenvalue weighted by atomic mass is 16.5. The topological polar surface area (TPSA) is 53.0 Å². The van der Waals surface area contributed by atoms with Gasteiger partial charge < -0.3 is 19.6 Å². The lowest BCUT2D eigenvalue weighted by molar-refractivity contribution is 0.0641. The van der Waals surface area contributed by atoms with Gasteiger partial charge in [0, 0.05) is 37.8 Å². The van der Waals surface area contributed by atoms with Crippen LogP contribution in [0, 0.1) is 13.8 Å². The maximum atomic E-state index is 12.8. The van der Waals surface area contributed by atoms with E-state index in [1.165, 1.54) is 0 Å². The molecule has 1 saturated heterocycles. The maximum Gasteiger partial charge on any atom is 0.253 e. The molecule has 134 valence electrons. The molecule has 1 amide bonds. The molecule has 5 nitrogen and oxygen atoms in total. The second-order valence-electron chi connectivity index (χ2n) is 6.72. The van der Waals surface area contributed by atoms with Crippen LogP contribution in [0.1, 0.15) is 40.7 Å². The number of nitrogens with zero attached hydrogens (tertiary/aromatic N) is 2. The Morgan fingerprint density at radius 2 is 1.88 bits per heavy atom. The van der Waals surface area contributed by atoms with E-state index in [2.05, 4.69) is 11.9 Å². The van der Waals surface area contributed by atoms with Gasteiger partial charge in [-0.15, -0.1) is 0 Å². The molecule has 1 heterocycles.